The number of halogens is 4. The van der Waals surface area contributed by atoms with Gasteiger partial charge in [-0.15, -0.1) is 0 Å². The highest BCUT2D eigenvalue weighted by molar-refractivity contribution is 6.42. The Morgan fingerprint density at radius 1 is 0.867 bits per heavy atom. The lowest BCUT2D eigenvalue weighted by molar-refractivity contribution is 0.0745. The number of nitrogens with zero attached hydrogens (tertiary/aromatic N) is 1. The molecule has 3 rings (SSSR count). The van der Waals surface area contributed by atoms with Gasteiger partial charge in [0, 0.05) is 28.7 Å². The lowest BCUT2D eigenvalue weighted by Gasteiger charge is -2.24. The van der Waals surface area contributed by atoms with E-state index in [1.807, 2.05) is 30.3 Å². The summed E-state index contributed by atoms with van der Waals surface area (Å²) in [5, 5.41) is 1.90. The van der Waals surface area contributed by atoms with E-state index in [4.69, 9.17) is 51.1 Å². The summed E-state index contributed by atoms with van der Waals surface area (Å²) in [5.41, 5.74) is 2.37. The molecule has 3 aromatic carbocycles. The molecule has 0 atom stereocenters. The van der Waals surface area contributed by atoms with Gasteiger partial charge in [-0.2, -0.15) is 0 Å². The zero-order valence-electron chi connectivity index (χ0n) is 16.2. The Bertz CT molecular complexity index is 1040. The van der Waals surface area contributed by atoms with Crippen LogP contribution in [-0.4, -0.2) is 24.5 Å². The van der Waals surface area contributed by atoms with Crippen molar-refractivity contribution in [3.63, 3.8) is 0 Å². The second kappa shape index (κ2) is 10.4. The van der Waals surface area contributed by atoms with Gasteiger partial charge in [-0.1, -0.05) is 64.6 Å². The van der Waals surface area contributed by atoms with Gasteiger partial charge in [0.25, 0.3) is 5.91 Å². The summed E-state index contributed by atoms with van der Waals surface area (Å²) in [6.45, 7) is 0.890. The Kier molecular flexibility index (Phi) is 7.90. The highest BCUT2D eigenvalue weighted by Gasteiger charge is 2.18. The molecule has 30 heavy (non-hydrogen) atoms. The molecule has 0 heterocycles. The first kappa shape index (κ1) is 22.8. The number of hydrogen-bond donors (Lipinski definition) is 0. The van der Waals surface area contributed by atoms with Crippen molar-refractivity contribution in [3.8, 4) is 5.75 Å². The van der Waals surface area contributed by atoms with E-state index in [0.29, 0.717) is 45.2 Å². The summed E-state index contributed by atoms with van der Waals surface area (Å²) in [6, 6.07) is 17.9. The van der Waals surface area contributed by atoms with Crippen LogP contribution in [0.1, 0.15) is 21.5 Å². The van der Waals surface area contributed by atoms with Gasteiger partial charge in [-0.05, 0) is 60.0 Å². The molecule has 0 saturated carbocycles. The molecule has 0 saturated heterocycles. The number of methoxy groups -OCH3 is 1. The SMILES string of the molecule is COc1ccc(CN(CCc2ccc(Cl)cc2Cl)C(=O)c2ccc(Cl)c(Cl)c2)cc1. The van der Waals surface area contributed by atoms with Crippen LogP contribution in [0.3, 0.4) is 0 Å². The van der Waals surface area contributed by atoms with Crippen LogP contribution < -0.4 is 4.74 Å². The Balaban J connectivity index is 1.84. The zero-order chi connectivity index (χ0) is 21.7. The first-order valence-electron chi connectivity index (χ1n) is 9.18. The summed E-state index contributed by atoms with van der Waals surface area (Å²) in [6.07, 6.45) is 0.583. The molecule has 0 aliphatic heterocycles. The van der Waals surface area contributed by atoms with Crippen molar-refractivity contribution in [2.75, 3.05) is 13.7 Å². The van der Waals surface area contributed by atoms with Crippen LogP contribution >= 0.6 is 46.4 Å². The molecule has 0 fully saturated rings. The predicted molar refractivity (Wildman–Crippen MR) is 124 cm³/mol. The third-order valence-corrected chi connectivity index (χ3v) is 5.98. The maximum atomic E-state index is 13.2. The van der Waals surface area contributed by atoms with Crippen molar-refractivity contribution in [2.24, 2.45) is 0 Å². The number of carbonyl (C=O) groups excluding carboxylic acids is 1. The van der Waals surface area contributed by atoms with E-state index in [2.05, 4.69) is 0 Å². The Labute approximate surface area is 196 Å². The van der Waals surface area contributed by atoms with E-state index >= 15 is 0 Å². The molecule has 0 aliphatic rings. The smallest absolute Gasteiger partial charge is 0.254 e. The predicted octanol–water partition coefficient (Wildman–Crippen LogP) is 7.19. The third kappa shape index (κ3) is 5.83. The van der Waals surface area contributed by atoms with E-state index in [-0.39, 0.29) is 5.91 Å². The zero-order valence-corrected chi connectivity index (χ0v) is 19.2. The standard InChI is InChI=1S/C23H19Cl4NO2/c1-30-19-7-2-15(3-8-19)14-28(11-10-16-4-6-18(24)13-21(16)26)23(29)17-5-9-20(25)22(27)12-17/h2-9,12-13H,10-11,14H2,1H3. The fourth-order valence-electron chi connectivity index (χ4n) is 3.00. The quantitative estimate of drug-likeness (QED) is 0.356. The van der Waals surface area contributed by atoms with Crippen molar-refractivity contribution in [1.29, 1.82) is 0 Å². The monoisotopic (exact) mass is 481 g/mol. The molecular weight excluding hydrogens is 464 g/mol. The molecule has 0 bridgehead atoms. The van der Waals surface area contributed by atoms with E-state index < -0.39 is 0 Å². The van der Waals surface area contributed by atoms with Crippen molar-refractivity contribution in [1.82, 2.24) is 4.90 Å². The minimum absolute atomic E-state index is 0.144. The Morgan fingerprint density at radius 3 is 2.23 bits per heavy atom. The van der Waals surface area contributed by atoms with E-state index in [1.165, 1.54) is 0 Å². The van der Waals surface area contributed by atoms with Crippen molar-refractivity contribution in [2.45, 2.75) is 13.0 Å². The average molecular weight is 483 g/mol. The fourth-order valence-corrected chi connectivity index (χ4v) is 3.80. The third-order valence-electron chi connectivity index (χ3n) is 4.65. The van der Waals surface area contributed by atoms with E-state index in [1.54, 1.807) is 42.3 Å². The highest BCUT2D eigenvalue weighted by Crippen LogP contribution is 2.25. The van der Waals surface area contributed by atoms with Crippen LogP contribution in [0, 0.1) is 0 Å². The molecule has 0 aromatic heterocycles. The molecular formula is C23H19Cl4NO2. The normalized spacial score (nSPS) is 10.7. The van der Waals surface area contributed by atoms with Gasteiger partial charge in [-0.3, -0.25) is 4.79 Å². The first-order valence-corrected chi connectivity index (χ1v) is 10.7. The minimum Gasteiger partial charge on any atom is -0.497 e. The second-order valence-corrected chi connectivity index (χ2v) is 8.35. The van der Waals surface area contributed by atoms with Gasteiger partial charge < -0.3 is 9.64 Å². The maximum Gasteiger partial charge on any atom is 0.254 e. The number of benzene rings is 3. The summed E-state index contributed by atoms with van der Waals surface area (Å²) < 4.78 is 5.21. The molecule has 0 radical (unpaired) electrons. The topological polar surface area (TPSA) is 29.5 Å². The molecule has 0 spiro atoms. The van der Waals surface area contributed by atoms with Gasteiger partial charge in [0.15, 0.2) is 0 Å². The lowest BCUT2D eigenvalue weighted by Crippen LogP contribution is -2.32. The van der Waals surface area contributed by atoms with Gasteiger partial charge in [0.05, 0.1) is 17.2 Å². The van der Waals surface area contributed by atoms with Crippen molar-refractivity contribution < 1.29 is 9.53 Å². The van der Waals surface area contributed by atoms with Crippen LogP contribution in [0.5, 0.6) is 5.75 Å². The van der Waals surface area contributed by atoms with Crippen LogP contribution in [-0.2, 0) is 13.0 Å². The summed E-state index contributed by atoms with van der Waals surface area (Å²) in [7, 11) is 1.62. The maximum absolute atomic E-state index is 13.2. The van der Waals surface area contributed by atoms with Crippen LogP contribution in [0.2, 0.25) is 20.1 Å². The van der Waals surface area contributed by atoms with Crippen LogP contribution in [0.25, 0.3) is 0 Å². The summed E-state index contributed by atoms with van der Waals surface area (Å²) in [5.74, 6) is 0.614. The molecule has 156 valence electrons. The highest BCUT2D eigenvalue weighted by atomic mass is 35.5. The Hall–Kier alpha value is -1.91. The largest absolute Gasteiger partial charge is 0.497 e. The summed E-state index contributed by atoms with van der Waals surface area (Å²) >= 11 is 24.4. The van der Waals surface area contributed by atoms with Gasteiger partial charge >= 0.3 is 0 Å². The van der Waals surface area contributed by atoms with Crippen molar-refractivity contribution >= 4 is 52.3 Å². The number of carbonyl (C=O) groups is 1. The Morgan fingerprint density at radius 2 is 1.60 bits per heavy atom. The van der Waals surface area contributed by atoms with Crippen LogP contribution in [0.15, 0.2) is 60.7 Å². The minimum atomic E-state index is -0.144. The number of amides is 1. The molecule has 0 N–H and O–H groups in total. The summed E-state index contributed by atoms with van der Waals surface area (Å²) in [4.78, 5) is 15.0. The van der Waals surface area contributed by atoms with Gasteiger partial charge in [0.2, 0.25) is 0 Å². The number of hydrogen-bond acceptors (Lipinski definition) is 2. The number of ether oxygens (including phenoxy) is 1. The van der Waals surface area contributed by atoms with Crippen LogP contribution in [0.4, 0.5) is 0 Å². The average Bonchev–Trinajstić information content (AvgIpc) is 2.74. The first-order chi connectivity index (χ1) is 14.4. The second-order valence-electron chi connectivity index (χ2n) is 6.69. The molecule has 7 heteroatoms. The lowest BCUT2D eigenvalue weighted by atomic mass is 10.1. The molecule has 1 amide bonds. The van der Waals surface area contributed by atoms with Gasteiger partial charge in [-0.25, -0.2) is 0 Å². The van der Waals surface area contributed by atoms with E-state index in [0.717, 1.165) is 16.9 Å². The number of rotatable bonds is 7. The molecule has 3 aromatic rings. The molecule has 3 nitrogen and oxygen atoms in total. The van der Waals surface area contributed by atoms with E-state index in [9.17, 15) is 4.79 Å². The van der Waals surface area contributed by atoms with Gasteiger partial charge in [0.1, 0.15) is 5.75 Å². The van der Waals surface area contributed by atoms with Crippen molar-refractivity contribution in [3.05, 3.63) is 97.4 Å². The fraction of sp³-hybridized carbons (Fsp3) is 0.174. The molecule has 0 aliphatic carbocycles. The molecule has 0 unspecified atom stereocenters.